The smallest absolute Gasteiger partial charge is 0.141 e. The zero-order chi connectivity index (χ0) is 13.3. The first-order valence-corrected chi connectivity index (χ1v) is 7.54. The van der Waals surface area contributed by atoms with Crippen molar-refractivity contribution in [3.8, 4) is 0 Å². The summed E-state index contributed by atoms with van der Waals surface area (Å²) >= 11 is 5.43. The molecule has 0 aliphatic carbocycles. The van der Waals surface area contributed by atoms with Crippen molar-refractivity contribution >= 4 is 33.1 Å². The van der Waals surface area contributed by atoms with Gasteiger partial charge in [-0.05, 0) is 66.9 Å². The summed E-state index contributed by atoms with van der Waals surface area (Å²) < 4.78 is 1.04. The summed E-state index contributed by atoms with van der Waals surface area (Å²) in [5.41, 5.74) is 2.55. The van der Waals surface area contributed by atoms with Crippen LogP contribution in [-0.2, 0) is 0 Å². The number of hydrogen-bond donors (Lipinski definition) is 1. The fraction of sp³-hybridized carbons (Fsp3) is 0.357. The van der Waals surface area contributed by atoms with Gasteiger partial charge in [-0.3, -0.25) is 0 Å². The first-order valence-electron chi connectivity index (χ1n) is 5.93. The quantitative estimate of drug-likeness (QED) is 0.858. The van der Waals surface area contributed by atoms with E-state index in [9.17, 15) is 0 Å². The monoisotopic (exact) mass is 324 g/mol. The van der Waals surface area contributed by atoms with Crippen LogP contribution in [0.4, 0.5) is 5.82 Å². The Kier molecular flexibility index (Phi) is 4.07. The van der Waals surface area contributed by atoms with Gasteiger partial charge >= 0.3 is 0 Å². The maximum atomic E-state index is 4.39. The van der Waals surface area contributed by atoms with Gasteiger partial charge in [-0.2, -0.15) is 0 Å². The van der Waals surface area contributed by atoms with Crippen molar-refractivity contribution in [2.75, 3.05) is 5.32 Å². The predicted octanol–water partition coefficient (Wildman–Crippen LogP) is 5.00. The zero-order valence-electron chi connectivity index (χ0n) is 11.0. The summed E-state index contributed by atoms with van der Waals surface area (Å²) in [6.45, 7) is 8.56. The molecule has 0 aromatic carbocycles. The topological polar surface area (TPSA) is 24.9 Å². The largest absolute Gasteiger partial charge is 0.363 e. The summed E-state index contributed by atoms with van der Waals surface area (Å²) in [5.74, 6) is 0.908. The number of pyridine rings is 1. The number of aryl methyl sites for hydroxylation is 3. The van der Waals surface area contributed by atoms with Gasteiger partial charge in [0, 0.05) is 16.0 Å². The van der Waals surface area contributed by atoms with E-state index >= 15 is 0 Å². The lowest BCUT2D eigenvalue weighted by Gasteiger charge is -2.16. The summed E-state index contributed by atoms with van der Waals surface area (Å²) in [6, 6.07) is 4.52. The third kappa shape index (κ3) is 2.75. The molecule has 0 aliphatic rings. The van der Waals surface area contributed by atoms with Crippen LogP contribution in [0.1, 0.15) is 33.8 Å². The fourth-order valence-electron chi connectivity index (χ4n) is 2.00. The van der Waals surface area contributed by atoms with Gasteiger partial charge in [-0.25, -0.2) is 4.98 Å². The van der Waals surface area contributed by atoms with E-state index in [1.807, 2.05) is 23.6 Å². The van der Waals surface area contributed by atoms with Crippen LogP contribution in [0.15, 0.2) is 22.8 Å². The number of anilines is 1. The SMILES string of the molecule is Cc1cc(C(C)Nc2nccc(C)c2Br)c(C)s1. The lowest BCUT2D eigenvalue weighted by molar-refractivity contribution is 0.869. The Morgan fingerprint density at radius 2 is 2.06 bits per heavy atom. The second-order valence-corrected chi connectivity index (χ2v) is 6.78. The average molecular weight is 325 g/mol. The van der Waals surface area contributed by atoms with Crippen molar-refractivity contribution in [1.29, 1.82) is 0 Å². The van der Waals surface area contributed by atoms with E-state index in [1.165, 1.54) is 20.9 Å². The van der Waals surface area contributed by atoms with Gasteiger partial charge in [0.15, 0.2) is 0 Å². The maximum absolute atomic E-state index is 4.39. The van der Waals surface area contributed by atoms with Crippen molar-refractivity contribution in [2.45, 2.75) is 33.7 Å². The third-order valence-electron chi connectivity index (χ3n) is 2.98. The Bertz CT molecular complexity index is 563. The van der Waals surface area contributed by atoms with Gasteiger partial charge in [-0.15, -0.1) is 11.3 Å². The minimum atomic E-state index is 0.264. The van der Waals surface area contributed by atoms with Crippen molar-refractivity contribution < 1.29 is 0 Å². The Hall–Kier alpha value is -0.870. The van der Waals surface area contributed by atoms with E-state index in [-0.39, 0.29) is 6.04 Å². The van der Waals surface area contributed by atoms with Crippen LogP contribution in [0.5, 0.6) is 0 Å². The lowest BCUT2D eigenvalue weighted by Crippen LogP contribution is -2.08. The summed E-state index contributed by atoms with van der Waals surface area (Å²) in [4.78, 5) is 7.11. The van der Waals surface area contributed by atoms with Crippen LogP contribution in [0.3, 0.4) is 0 Å². The molecule has 0 amide bonds. The Morgan fingerprint density at radius 3 is 2.67 bits per heavy atom. The van der Waals surface area contributed by atoms with Gasteiger partial charge in [0.1, 0.15) is 5.82 Å². The van der Waals surface area contributed by atoms with Crippen molar-refractivity contribution in [3.05, 3.63) is 43.7 Å². The molecule has 0 saturated carbocycles. The molecule has 1 unspecified atom stereocenters. The zero-order valence-corrected chi connectivity index (χ0v) is 13.4. The van der Waals surface area contributed by atoms with Crippen molar-refractivity contribution in [2.24, 2.45) is 0 Å². The minimum Gasteiger partial charge on any atom is -0.363 e. The first-order chi connectivity index (χ1) is 8.49. The maximum Gasteiger partial charge on any atom is 0.141 e. The molecule has 0 saturated heterocycles. The van der Waals surface area contributed by atoms with Gasteiger partial charge in [0.05, 0.1) is 10.5 Å². The molecule has 0 bridgehead atoms. The molecule has 2 aromatic rings. The molecule has 1 atom stereocenters. The molecule has 2 nitrogen and oxygen atoms in total. The van der Waals surface area contributed by atoms with Crippen LogP contribution in [0.2, 0.25) is 0 Å². The van der Waals surface area contributed by atoms with Crippen LogP contribution >= 0.6 is 27.3 Å². The standard InChI is InChI=1S/C14H17BrN2S/c1-8-5-6-16-14(13(8)15)17-10(3)12-7-9(2)18-11(12)4/h5-7,10H,1-4H3,(H,16,17). The minimum absolute atomic E-state index is 0.264. The van der Waals surface area contributed by atoms with Gasteiger partial charge in [0.2, 0.25) is 0 Å². The Balaban J connectivity index is 2.24. The number of rotatable bonds is 3. The second kappa shape index (κ2) is 5.41. The Labute approximate surface area is 121 Å². The summed E-state index contributed by atoms with van der Waals surface area (Å²) in [6.07, 6.45) is 1.83. The average Bonchev–Trinajstić information content (AvgIpc) is 2.64. The molecule has 18 heavy (non-hydrogen) atoms. The number of halogens is 1. The summed E-state index contributed by atoms with van der Waals surface area (Å²) in [5, 5.41) is 3.47. The third-order valence-corrected chi connectivity index (χ3v) is 4.96. The van der Waals surface area contributed by atoms with Gasteiger partial charge < -0.3 is 5.32 Å². The molecule has 0 radical (unpaired) electrons. The van der Waals surface area contributed by atoms with E-state index in [1.54, 1.807) is 0 Å². The van der Waals surface area contributed by atoms with Crippen molar-refractivity contribution in [1.82, 2.24) is 4.98 Å². The van der Waals surface area contributed by atoms with E-state index in [0.717, 1.165) is 10.3 Å². The highest BCUT2D eigenvalue weighted by Gasteiger charge is 2.13. The van der Waals surface area contributed by atoms with E-state index in [4.69, 9.17) is 0 Å². The highest BCUT2D eigenvalue weighted by molar-refractivity contribution is 9.10. The summed E-state index contributed by atoms with van der Waals surface area (Å²) in [7, 11) is 0. The highest BCUT2D eigenvalue weighted by Crippen LogP contribution is 2.31. The number of hydrogen-bond acceptors (Lipinski definition) is 3. The molecule has 4 heteroatoms. The lowest BCUT2D eigenvalue weighted by atomic mass is 10.1. The van der Waals surface area contributed by atoms with E-state index in [2.05, 4.69) is 60.0 Å². The highest BCUT2D eigenvalue weighted by atomic mass is 79.9. The molecule has 0 fully saturated rings. The van der Waals surface area contributed by atoms with Crippen LogP contribution in [0, 0.1) is 20.8 Å². The van der Waals surface area contributed by atoms with Crippen LogP contribution in [-0.4, -0.2) is 4.98 Å². The number of thiophene rings is 1. The normalized spacial score (nSPS) is 12.5. The first kappa shape index (κ1) is 13.6. The van der Waals surface area contributed by atoms with Crippen molar-refractivity contribution in [3.63, 3.8) is 0 Å². The Morgan fingerprint density at radius 1 is 1.33 bits per heavy atom. The molecule has 2 aromatic heterocycles. The molecule has 96 valence electrons. The van der Waals surface area contributed by atoms with Gasteiger partial charge in [0.25, 0.3) is 0 Å². The molecular weight excluding hydrogens is 308 g/mol. The molecular formula is C14H17BrN2S. The number of nitrogens with zero attached hydrogens (tertiary/aromatic N) is 1. The molecule has 2 heterocycles. The molecule has 0 spiro atoms. The van der Waals surface area contributed by atoms with Crippen LogP contribution < -0.4 is 5.32 Å². The number of nitrogens with one attached hydrogen (secondary N) is 1. The van der Waals surface area contributed by atoms with Gasteiger partial charge in [-0.1, -0.05) is 0 Å². The second-order valence-electron chi connectivity index (χ2n) is 4.53. The number of aromatic nitrogens is 1. The van der Waals surface area contributed by atoms with Crippen LogP contribution in [0.25, 0.3) is 0 Å². The molecule has 2 rings (SSSR count). The fourth-order valence-corrected chi connectivity index (χ4v) is 3.38. The molecule has 1 N–H and O–H groups in total. The predicted molar refractivity (Wildman–Crippen MR) is 82.5 cm³/mol. The molecule has 0 aliphatic heterocycles. The van der Waals surface area contributed by atoms with E-state index in [0.29, 0.717) is 0 Å². The van der Waals surface area contributed by atoms with E-state index < -0.39 is 0 Å².